The molecule has 0 radical (unpaired) electrons. The lowest BCUT2D eigenvalue weighted by molar-refractivity contribution is -0.142. The number of hydrogen-bond donors (Lipinski definition) is 1. The predicted molar refractivity (Wildman–Crippen MR) is 108 cm³/mol. The van der Waals surface area contributed by atoms with Crippen LogP contribution in [-0.2, 0) is 19.1 Å². The summed E-state index contributed by atoms with van der Waals surface area (Å²) in [5, 5.41) is 2.67. The van der Waals surface area contributed by atoms with Gasteiger partial charge in [-0.15, -0.1) is 0 Å². The third-order valence-corrected chi connectivity index (χ3v) is 4.47. The second-order valence-corrected chi connectivity index (χ2v) is 6.54. The molecule has 0 spiro atoms. The lowest BCUT2D eigenvalue weighted by atomic mass is 10.1. The minimum atomic E-state index is -0.582. The highest BCUT2D eigenvalue weighted by Gasteiger charge is 2.21. The molecule has 0 aromatic heterocycles. The fourth-order valence-corrected chi connectivity index (χ4v) is 2.96. The molecular formula is C22H22N2O4. The average molecular weight is 378 g/mol. The van der Waals surface area contributed by atoms with Gasteiger partial charge in [0.05, 0.1) is 0 Å². The van der Waals surface area contributed by atoms with Gasteiger partial charge in [-0.05, 0) is 54.8 Å². The Morgan fingerprint density at radius 2 is 1.89 bits per heavy atom. The van der Waals surface area contributed by atoms with E-state index in [0.717, 1.165) is 29.8 Å². The lowest BCUT2D eigenvalue weighted by Gasteiger charge is -2.16. The summed E-state index contributed by atoms with van der Waals surface area (Å²) in [5.41, 5.74) is 3.35. The number of amides is 2. The van der Waals surface area contributed by atoms with Gasteiger partial charge in [0.15, 0.2) is 6.61 Å². The molecular weight excluding hydrogens is 356 g/mol. The second-order valence-electron chi connectivity index (χ2n) is 6.54. The molecule has 1 N–H and O–H groups in total. The van der Waals surface area contributed by atoms with Crippen LogP contribution in [0.25, 0.3) is 6.08 Å². The molecule has 0 saturated carbocycles. The molecule has 6 nitrogen and oxygen atoms in total. The normalized spacial score (nSPS) is 13.8. The fourth-order valence-electron chi connectivity index (χ4n) is 2.96. The van der Waals surface area contributed by atoms with Gasteiger partial charge in [-0.3, -0.25) is 9.59 Å². The number of esters is 1. The maximum Gasteiger partial charge on any atom is 0.331 e. The molecule has 0 unspecified atom stereocenters. The second kappa shape index (κ2) is 8.99. The molecule has 0 atom stereocenters. The summed E-state index contributed by atoms with van der Waals surface area (Å²) in [7, 11) is 0. The number of hydrogen-bond acceptors (Lipinski definition) is 4. The molecule has 28 heavy (non-hydrogen) atoms. The topological polar surface area (TPSA) is 75.7 Å². The van der Waals surface area contributed by atoms with Gasteiger partial charge >= 0.3 is 5.97 Å². The molecule has 1 saturated heterocycles. The van der Waals surface area contributed by atoms with Crippen LogP contribution in [0.2, 0.25) is 0 Å². The first-order chi connectivity index (χ1) is 13.5. The first-order valence-electron chi connectivity index (χ1n) is 9.14. The van der Waals surface area contributed by atoms with Gasteiger partial charge in [-0.2, -0.15) is 0 Å². The van der Waals surface area contributed by atoms with E-state index in [9.17, 15) is 14.4 Å². The molecule has 1 fully saturated rings. The van der Waals surface area contributed by atoms with E-state index in [-0.39, 0.29) is 12.5 Å². The highest BCUT2D eigenvalue weighted by atomic mass is 16.5. The van der Waals surface area contributed by atoms with Gasteiger partial charge < -0.3 is 15.0 Å². The molecule has 0 aliphatic carbocycles. The van der Waals surface area contributed by atoms with Gasteiger partial charge in [0.1, 0.15) is 0 Å². The van der Waals surface area contributed by atoms with Crippen molar-refractivity contribution >= 4 is 35.2 Å². The van der Waals surface area contributed by atoms with Gasteiger partial charge in [-0.1, -0.05) is 24.3 Å². The molecule has 2 amide bonds. The zero-order valence-corrected chi connectivity index (χ0v) is 15.7. The molecule has 6 heteroatoms. The van der Waals surface area contributed by atoms with E-state index in [4.69, 9.17) is 4.74 Å². The molecule has 0 bridgehead atoms. The van der Waals surface area contributed by atoms with E-state index >= 15 is 0 Å². The van der Waals surface area contributed by atoms with Crippen LogP contribution in [0.5, 0.6) is 0 Å². The molecule has 1 aliphatic rings. The van der Waals surface area contributed by atoms with E-state index in [1.165, 1.54) is 6.08 Å². The third-order valence-electron chi connectivity index (χ3n) is 4.47. The maximum atomic E-state index is 12.0. The van der Waals surface area contributed by atoms with Crippen molar-refractivity contribution in [2.24, 2.45) is 0 Å². The van der Waals surface area contributed by atoms with E-state index in [1.54, 1.807) is 35.2 Å². The molecule has 2 aromatic carbocycles. The summed E-state index contributed by atoms with van der Waals surface area (Å²) in [6.45, 7) is 2.29. The summed E-state index contributed by atoms with van der Waals surface area (Å²) in [4.78, 5) is 37.2. The Labute approximate surface area is 163 Å². The van der Waals surface area contributed by atoms with Crippen molar-refractivity contribution in [2.75, 3.05) is 23.4 Å². The predicted octanol–water partition coefficient (Wildman–Crippen LogP) is 3.32. The van der Waals surface area contributed by atoms with Crippen molar-refractivity contribution < 1.29 is 19.1 Å². The summed E-state index contributed by atoms with van der Waals surface area (Å²) >= 11 is 0. The first-order valence-corrected chi connectivity index (χ1v) is 9.14. The first kappa shape index (κ1) is 19.4. The van der Waals surface area contributed by atoms with E-state index in [2.05, 4.69) is 5.32 Å². The maximum absolute atomic E-state index is 12.0. The minimum absolute atomic E-state index is 0.113. The standard InChI is InChI=1S/C22H22N2O4/c1-16-5-2-3-6-17(16)8-13-22(27)28-15-20(25)23-18-9-11-19(12-10-18)24-14-4-7-21(24)26/h2-3,5-6,8-13H,4,7,14-15H2,1H3,(H,23,25)/b13-8+. The minimum Gasteiger partial charge on any atom is -0.452 e. The quantitative estimate of drug-likeness (QED) is 0.618. The smallest absolute Gasteiger partial charge is 0.331 e. The Hall–Kier alpha value is -3.41. The van der Waals surface area contributed by atoms with Crippen LogP contribution in [0.1, 0.15) is 24.0 Å². The lowest BCUT2D eigenvalue weighted by Crippen LogP contribution is -2.23. The van der Waals surface area contributed by atoms with Gasteiger partial charge in [-0.25, -0.2) is 4.79 Å². The Kier molecular flexibility index (Phi) is 6.22. The highest BCUT2D eigenvalue weighted by molar-refractivity contribution is 5.97. The summed E-state index contributed by atoms with van der Waals surface area (Å²) in [5.74, 6) is -0.897. The molecule has 2 aromatic rings. The fraction of sp³-hybridized carbons (Fsp3) is 0.227. The van der Waals surface area contributed by atoms with Crippen molar-refractivity contribution in [1.29, 1.82) is 0 Å². The highest BCUT2D eigenvalue weighted by Crippen LogP contribution is 2.23. The Morgan fingerprint density at radius 3 is 2.57 bits per heavy atom. The van der Waals surface area contributed by atoms with Crippen molar-refractivity contribution in [3.63, 3.8) is 0 Å². The Bertz CT molecular complexity index is 903. The number of nitrogens with one attached hydrogen (secondary N) is 1. The van der Waals surface area contributed by atoms with Crippen LogP contribution >= 0.6 is 0 Å². The summed E-state index contributed by atoms with van der Waals surface area (Å²) in [6, 6.07) is 14.7. The third kappa shape index (κ3) is 5.07. The monoisotopic (exact) mass is 378 g/mol. The zero-order chi connectivity index (χ0) is 19.9. The van der Waals surface area contributed by atoms with Gasteiger partial charge in [0.25, 0.3) is 5.91 Å². The van der Waals surface area contributed by atoms with Crippen molar-refractivity contribution in [2.45, 2.75) is 19.8 Å². The van der Waals surface area contributed by atoms with Crippen molar-refractivity contribution in [3.05, 3.63) is 65.7 Å². The van der Waals surface area contributed by atoms with Crippen LogP contribution in [0, 0.1) is 6.92 Å². The number of carbonyl (C=O) groups is 3. The Morgan fingerprint density at radius 1 is 1.14 bits per heavy atom. The number of nitrogens with zero attached hydrogens (tertiary/aromatic N) is 1. The average Bonchev–Trinajstić information content (AvgIpc) is 3.12. The van der Waals surface area contributed by atoms with Gasteiger partial charge in [0.2, 0.25) is 5.91 Å². The van der Waals surface area contributed by atoms with Crippen LogP contribution in [0.4, 0.5) is 11.4 Å². The number of benzene rings is 2. The molecule has 1 aliphatic heterocycles. The zero-order valence-electron chi connectivity index (χ0n) is 15.7. The van der Waals surface area contributed by atoms with Crippen LogP contribution in [-0.4, -0.2) is 30.9 Å². The number of ether oxygens (including phenoxy) is 1. The van der Waals surface area contributed by atoms with Gasteiger partial charge in [0, 0.05) is 30.4 Å². The SMILES string of the molecule is Cc1ccccc1/C=C/C(=O)OCC(=O)Nc1ccc(N2CCCC2=O)cc1. The van der Waals surface area contributed by atoms with Crippen LogP contribution in [0.3, 0.4) is 0 Å². The van der Waals surface area contributed by atoms with Crippen LogP contribution in [0.15, 0.2) is 54.6 Å². The Balaban J connectivity index is 1.47. The molecule has 3 rings (SSSR count). The number of carbonyl (C=O) groups excluding carboxylic acids is 3. The molecule has 144 valence electrons. The van der Waals surface area contributed by atoms with Crippen molar-refractivity contribution in [1.82, 2.24) is 0 Å². The number of rotatable bonds is 6. The van der Waals surface area contributed by atoms with Crippen LogP contribution < -0.4 is 10.2 Å². The summed E-state index contributed by atoms with van der Waals surface area (Å²) < 4.78 is 4.97. The number of aryl methyl sites for hydroxylation is 1. The van der Waals surface area contributed by atoms with E-state index in [0.29, 0.717) is 12.1 Å². The number of anilines is 2. The largest absolute Gasteiger partial charge is 0.452 e. The van der Waals surface area contributed by atoms with Crippen molar-refractivity contribution in [3.8, 4) is 0 Å². The molecule has 1 heterocycles. The van der Waals surface area contributed by atoms with E-state index < -0.39 is 11.9 Å². The van der Waals surface area contributed by atoms with E-state index in [1.807, 2.05) is 31.2 Å². The summed E-state index contributed by atoms with van der Waals surface area (Å²) in [6.07, 6.45) is 4.40.